The molecule has 226 valence electrons. The Bertz CT molecular complexity index is 955. The minimum Gasteiger partial charge on any atom is -0.507 e. The lowest BCUT2D eigenvalue weighted by Gasteiger charge is -2.35. The van der Waals surface area contributed by atoms with Crippen LogP contribution in [0.15, 0.2) is 18.2 Å². The van der Waals surface area contributed by atoms with Gasteiger partial charge in [-0.1, -0.05) is 76.5 Å². The Morgan fingerprint density at radius 3 is 2.33 bits per heavy atom. The second kappa shape index (κ2) is 16.5. The van der Waals surface area contributed by atoms with Crippen molar-refractivity contribution < 1.29 is 29.3 Å². The molecule has 1 aromatic carbocycles. The van der Waals surface area contributed by atoms with Crippen LogP contribution >= 0.6 is 0 Å². The van der Waals surface area contributed by atoms with Gasteiger partial charge in [-0.3, -0.25) is 9.59 Å². The van der Waals surface area contributed by atoms with Gasteiger partial charge in [0.1, 0.15) is 23.4 Å². The number of hydrogen-bond acceptors (Lipinski definition) is 6. The summed E-state index contributed by atoms with van der Waals surface area (Å²) in [6.07, 6.45) is 9.94. The molecule has 2 unspecified atom stereocenters. The van der Waals surface area contributed by atoms with Gasteiger partial charge in [-0.15, -0.1) is 0 Å². The quantitative estimate of drug-likeness (QED) is 0.229. The van der Waals surface area contributed by atoms with Crippen LogP contribution in [0.4, 0.5) is 4.79 Å². The van der Waals surface area contributed by atoms with Crippen molar-refractivity contribution in [3.63, 3.8) is 0 Å². The summed E-state index contributed by atoms with van der Waals surface area (Å²) in [5.74, 6) is -1.03. The number of phenolic OH excluding ortho intramolecular Hbond substituents is 1. The van der Waals surface area contributed by atoms with Crippen molar-refractivity contribution in [2.75, 3.05) is 13.2 Å². The van der Waals surface area contributed by atoms with Crippen LogP contribution in [-0.2, 0) is 14.3 Å². The molecule has 9 nitrogen and oxygen atoms in total. The van der Waals surface area contributed by atoms with Crippen molar-refractivity contribution >= 4 is 17.9 Å². The maximum absolute atomic E-state index is 14.0. The lowest BCUT2D eigenvalue weighted by atomic mass is 9.94. The summed E-state index contributed by atoms with van der Waals surface area (Å²) < 4.78 is 5.31. The fraction of sp³-hybridized carbons (Fsp3) is 0.710. The average Bonchev–Trinajstić information content (AvgIpc) is 2.89. The Morgan fingerprint density at radius 1 is 1.05 bits per heavy atom. The van der Waals surface area contributed by atoms with Gasteiger partial charge >= 0.3 is 6.09 Å². The van der Waals surface area contributed by atoms with E-state index in [1.165, 1.54) is 4.90 Å². The lowest BCUT2D eigenvalue weighted by Crippen LogP contribution is -2.55. The molecule has 3 amide bonds. The average molecular weight is 562 g/mol. The van der Waals surface area contributed by atoms with Gasteiger partial charge < -0.3 is 30.5 Å². The van der Waals surface area contributed by atoms with Crippen molar-refractivity contribution in [1.82, 2.24) is 15.5 Å². The van der Waals surface area contributed by atoms with Gasteiger partial charge in [-0.05, 0) is 52.5 Å². The van der Waals surface area contributed by atoms with Crippen LogP contribution in [0, 0.1) is 6.92 Å². The van der Waals surface area contributed by atoms with E-state index in [2.05, 4.69) is 17.6 Å². The van der Waals surface area contributed by atoms with Crippen molar-refractivity contribution in [2.24, 2.45) is 0 Å². The molecule has 0 aromatic heterocycles. The van der Waals surface area contributed by atoms with Gasteiger partial charge in [0.25, 0.3) is 0 Å². The van der Waals surface area contributed by atoms with Gasteiger partial charge in [0.2, 0.25) is 11.8 Å². The predicted molar refractivity (Wildman–Crippen MR) is 156 cm³/mol. The number of hydrogen-bond donors (Lipinski definition) is 4. The molecule has 0 bridgehead atoms. The number of carbonyl (C=O) groups is 3. The molecular weight excluding hydrogens is 510 g/mol. The molecule has 0 radical (unpaired) electrons. The smallest absolute Gasteiger partial charge is 0.408 e. The molecule has 0 saturated heterocycles. The molecule has 1 saturated carbocycles. The number of unbranched alkanes of at least 4 members (excludes halogenated alkanes) is 5. The number of amides is 3. The largest absolute Gasteiger partial charge is 0.507 e. The van der Waals surface area contributed by atoms with E-state index in [4.69, 9.17) is 4.74 Å². The molecule has 9 heteroatoms. The summed E-state index contributed by atoms with van der Waals surface area (Å²) in [6, 6.07) is 2.71. The zero-order chi connectivity index (χ0) is 29.7. The van der Waals surface area contributed by atoms with Gasteiger partial charge in [0.15, 0.2) is 0 Å². The summed E-state index contributed by atoms with van der Waals surface area (Å²) in [5.41, 5.74) is 0.119. The van der Waals surface area contributed by atoms with Crippen LogP contribution in [-0.4, -0.2) is 63.9 Å². The zero-order valence-corrected chi connectivity index (χ0v) is 25.1. The number of para-hydroxylation sites is 1. The fourth-order valence-electron chi connectivity index (χ4n) is 5.14. The van der Waals surface area contributed by atoms with Gasteiger partial charge in [-0.2, -0.15) is 0 Å². The highest BCUT2D eigenvalue weighted by atomic mass is 16.6. The Labute approximate surface area is 240 Å². The molecule has 0 aliphatic heterocycles. The third-order valence-electron chi connectivity index (χ3n) is 7.28. The van der Waals surface area contributed by atoms with Crippen LogP contribution in [0.2, 0.25) is 0 Å². The number of aryl methyl sites for hydroxylation is 1. The Morgan fingerprint density at radius 2 is 1.70 bits per heavy atom. The predicted octanol–water partition coefficient (Wildman–Crippen LogP) is 5.27. The van der Waals surface area contributed by atoms with Crippen LogP contribution in [0.1, 0.15) is 115 Å². The standard InChI is InChI=1S/C31H51N3O6/c1-6-7-8-9-10-14-20-34(29(38)25(21-35)33-30(39)40-31(3,4)5)26(24-19-15-16-22(2)27(24)36)28(37)32-23-17-12-11-13-18-23/h15-16,19,23,25-26,35-36H,6-14,17-18,20-21H2,1-5H3,(H,32,37)(H,33,39). The SMILES string of the molecule is CCCCCCCCN(C(=O)C(CO)NC(=O)OC(C)(C)C)C(C(=O)NC1CCCCC1)c1cccc(C)c1O. The van der Waals surface area contributed by atoms with Crippen molar-refractivity contribution in [2.45, 2.75) is 129 Å². The van der Waals surface area contributed by atoms with E-state index < -0.39 is 36.3 Å². The first-order chi connectivity index (χ1) is 19.0. The second-order valence-corrected chi connectivity index (χ2v) is 11.9. The number of nitrogens with one attached hydrogen (secondary N) is 2. The summed E-state index contributed by atoms with van der Waals surface area (Å²) in [5, 5.41) is 26.8. The third kappa shape index (κ3) is 10.6. The number of phenols is 1. The maximum atomic E-state index is 14.0. The zero-order valence-electron chi connectivity index (χ0n) is 25.1. The monoisotopic (exact) mass is 561 g/mol. The number of benzene rings is 1. The molecule has 0 spiro atoms. The maximum Gasteiger partial charge on any atom is 0.408 e. The van der Waals surface area contributed by atoms with Crippen LogP contribution in [0.25, 0.3) is 0 Å². The second-order valence-electron chi connectivity index (χ2n) is 11.9. The minimum absolute atomic E-state index is 0.00442. The molecule has 0 heterocycles. The summed E-state index contributed by atoms with van der Waals surface area (Å²) >= 11 is 0. The minimum atomic E-state index is -1.31. The van der Waals surface area contributed by atoms with Gasteiger partial charge in [-0.25, -0.2) is 4.79 Å². The highest BCUT2D eigenvalue weighted by Gasteiger charge is 2.38. The van der Waals surface area contributed by atoms with Crippen molar-refractivity contribution in [3.8, 4) is 5.75 Å². The third-order valence-corrected chi connectivity index (χ3v) is 7.28. The summed E-state index contributed by atoms with van der Waals surface area (Å²) in [6.45, 7) is 8.58. The number of aliphatic hydroxyl groups excluding tert-OH is 1. The van der Waals surface area contributed by atoms with Crippen LogP contribution in [0.3, 0.4) is 0 Å². The highest BCUT2D eigenvalue weighted by Crippen LogP contribution is 2.33. The van der Waals surface area contributed by atoms with Crippen molar-refractivity contribution in [1.29, 1.82) is 0 Å². The number of aromatic hydroxyl groups is 1. The molecule has 1 aliphatic rings. The first kappa shape index (κ1) is 33.4. The number of aliphatic hydroxyl groups is 1. The van der Waals surface area contributed by atoms with E-state index in [1.54, 1.807) is 45.9 Å². The molecule has 40 heavy (non-hydrogen) atoms. The normalized spacial score (nSPS) is 15.7. The highest BCUT2D eigenvalue weighted by molar-refractivity contribution is 5.92. The lowest BCUT2D eigenvalue weighted by molar-refractivity contribution is -0.143. The van der Waals surface area contributed by atoms with Gasteiger partial charge in [0, 0.05) is 18.2 Å². The number of nitrogens with zero attached hydrogens (tertiary/aromatic N) is 1. The van der Waals surface area contributed by atoms with E-state index in [9.17, 15) is 24.6 Å². The van der Waals surface area contributed by atoms with E-state index in [0.717, 1.165) is 64.2 Å². The number of ether oxygens (including phenoxy) is 1. The molecule has 1 fully saturated rings. The molecular formula is C31H51N3O6. The summed E-state index contributed by atoms with van der Waals surface area (Å²) in [4.78, 5) is 41.8. The first-order valence-corrected chi connectivity index (χ1v) is 15.0. The fourth-order valence-corrected chi connectivity index (χ4v) is 5.14. The Kier molecular flexibility index (Phi) is 13.7. The van der Waals surface area contributed by atoms with Crippen LogP contribution < -0.4 is 10.6 Å². The summed E-state index contributed by atoms with van der Waals surface area (Å²) in [7, 11) is 0. The van der Waals surface area contributed by atoms with E-state index in [-0.39, 0.29) is 24.2 Å². The number of rotatable bonds is 14. The first-order valence-electron chi connectivity index (χ1n) is 15.0. The van der Waals surface area contributed by atoms with E-state index in [1.807, 2.05) is 0 Å². The topological polar surface area (TPSA) is 128 Å². The molecule has 2 rings (SSSR count). The molecule has 1 aromatic rings. The van der Waals surface area contributed by atoms with Gasteiger partial charge in [0.05, 0.1) is 6.61 Å². The molecule has 2 atom stereocenters. The van der Waals surface area contributed by atoms with Crippen LogP contribution in [0.5, 0.6) is 5.75 Å². The van der Waals surface area contributed by atoms with Crippen molar-refractivity contribution in [3.05, 3.63) is 29.3 Å². The molecule has 4 N–H and O–H groups in total. The molecule has 1 aliphatic carbocycles. The Balaban J connectivity index is 2.42. The van der Waals surface area contributed by atoms with E-state index in [0.29, 0.717) is 17.5 Å². The Hall–Kier alpha value is -2.81. The number of alkyl carbamates (subject to hydrolysis) is 1. The van der Waals surface area contributed by atoms with E-state index >= 15 is 0 Å². The number of carbonyl (C=O) groups excluding carboxylic acids is 3.